The number of rotatable bonds is 8. The largest absolute Gasteiger partial charge is 0.438 e. The molecule has 2 N–H and O–H groups in total. The van der Waals surface area contributed by atoms with E-state index in [4.69, 9.17) is 9.94 Å². The van der Waals surface area contributed by atoms with E-state index < -0.39 is 20.5 Å². The first-order valence-corrected chi connectivity index (χ1v) is 11.4. The number of amides is 1. The monoisotopic (exact) mass is 458 g/mol. The van der Waals surface area contributed by atoms with Gasteiger partial charge in [-0.3, -0.25) is 19.8 Å². The van der Waals surface area contributed by atoms with Crippen molar-refractivity contribution in [3.63, 3.8) is 0 Å². The van der Waals surface area contributed by atoms with Gasteiger partial charge in [-0.1, -0.05) is 12.1 Å². The van der Waals surface area contributed by atoms with Crippen molar-refractivity contribution in [2.75, 3.05) is 6.26 Å². The van der Waals surface area contributed by atoms with Crippen molar-refractivity contribution in [1.82, 2.24) is 20.0 Å². The van der Waals surface area contributed by atoms with Crippen molar-refractivity contribution in [1.29, 1.82) is 0 Å². The quantitative estimate of drug-likeness (QED) is 0.385. The average molecular weight is 458 g/mol. The van der Waals surface area contributed by atoms with Crippen LogP contribution in [0.3, 0.4) is 0 Å². The summed E-state index contributed by atoms with van der Waals surface area (Å²) >= 11 is 0. The maximum absolute atomic E-state index is 12.6. The third kappa shape index (κ3) is 5.01. The van der Waals surface area contributed by atoms with Gasteiger partial charge in [0.2, 0.25) is 5.88 Å². The van der Waals surface area contributed by atoms with Gasteiger partial charge in [0, 0.05) is 37.5 Å². The van der Waals surface area contributed by atoms with E-state index in [1.165, 1.54) is 41.6 Å². The normalized spacial score (nSPS) is 13.2. The molecule has 2 heterocycles. The predicted molar refractivity (Wildman–Crippen MR) is 116 cm³/mol. The summed E-state index contributed by atoms with van der Waals surface area (Å²) in [6, 6.07) is 10.2. The van der Waals surface area contributed by atoms with Crippen LogP contribution in [0.2, 0.25) is 0 Å². The second kappa shape index (κ2) is 9.28. The number of aryl methyl sites for hydroxylation is 1. The molecule has 3 rings (SSSR count). The van der Waals surface area contributed by atoms with Gasteiger partial charge >= 0.3 is 0 Å². The maximum Gasteiger partial charge on any atom is 0.264 e. The van der Waals surface area contributed by atoms with E-state index >= 15 is 0 Å². The zero-order chi connectivity index (χ0) is 23.4. The van der Waals surface area contributed by atoms with Crippen molar-refractivity contribution in [2.24, 2.45) is 0 Å². The van der Waals surface area contributed by atoms with Gasteiger partial charge in [0.1, 0.15) is 5.75 Å². The number of carbonyl (C=O) groups is 1. The molecule has 0 bridgehead atoms. The van der Waals surface area contributed by atoms with Gasteiger partial charge in [-0.25, -0.2) is 18.9 Å². The summed E-state index contributed by atoms with van der Waals surface area (Å²) in [4.78, 5) is 32.4. The highest BCUT2D eigenvalue weighted by atomic mass is 32.2. The molecule has 0 aliphatic rings. The molecule has 0 unspecified atom stereocenters. The Morgan fingerprint density at radius 2 is 1.91 bits per heavy atom. The zero-order valence-corrected chi connectivity index (χ0v) is 18.2. The first kappa shape index (κ1) is 23.1. The van der Waals surface area contributed by atoms with Crippen molar-refractivity contribution in [3.8, 4) is 22.8 Å². The number of nitrogens with one attached hydrogen (secondary N) is 1. The van der Waals surface area contributed by atoms with Crippen LogP contribution in [0.15, 0.2) is 66.0 Å². The maximum atomic E-state index is 12.6. The fourth-order valence-electron chi connectivity index (χ4n) is 2.97. The highest BCUT2D eigenvalue weighted by molar-refractivity contribution is 7.92. The number of hydrogen-bond acceptors (Lipinski definition) is 8. The van der Waals surface area contributed by atoms with Gasteiger partial charge in [-0.2, -0.15) is 0 Å². The van der Waals surface area contributed by atoms with Crippen LogP contribution in [0.1, 0.15) is 13.3 Å². The van der Waals surface area contributed by atoms with Crippen LogP contribution in [-0.4, -0.2) is 45.1 Å². The van der Waals surface area contributed by atoms with E-state index in [-0.39, 0.29) is 18.5 Å². The number of ether oxygens (including phenoxy) is 1. The van der Waals surface area contributed by atoms with E-state index in [9.17, 15) is 18.0 Å². The van der Waals surface area contributed by atoms with Crippen molar-refractivity contribution >= 4 is 15.7 Å². The van der Waals surface area contributed by atoms with Crippen LogP contribution in [0.4, 0.5) is 0 Å². The van der Waals surface area contributed by atoms with Crippen LogP contribution in [0.5, 0.6) is 11.6 Å². The molecule has 0 radical (unpaired) electrons. The molecular formula is C21H22N4O6S. The van der Waals surface area contributed by atoms with Gasteiger partial charge < -0.3 is 9.30 Å². The molecule has 0 fully saturated rings. The lowest BCUT2D eigenvalue weighted by Gasteiger charge is -2.25. The van der Waals surface area contributed by atoms with Crippen LogP contribution < -0.4 is 15.8 Å². The Balaban J connectivity index is 1.75. The summed E-state index contributed by atoms with van der Waals surface area (Å²) in [5.41, 5.74) is 2.47. The lowest BCUT2D eigenvalue weighted by Crippen LogP contribution is -2.49. The zero-order valence-electron chi connectivity index (χ0n) is 17.4. The molecule has 0 saturated heterocycles. The minimum atomic E-state index is -3.84. The van der Waals surface area contributed by atoms with E-state index in [1.807, 2.05) is 0 Å². The summed E-state index contributed by atoms with van der Waals surface area (Å²) in [7, 11) is -3.84. The summed E-state index contributed by atoms with van der Waals surface area (Å²) in [5.74, 6) is -0.128. The Hall–Kier alpha value is -3.57. The van der Waals surface area contributed by atoms with Gasteiger partial charge in [-0.05, 0) is 42.7 Å². The second-order valence-corrected chi connectivity index (χ2v) is 9.76. The minimum absolute atomic E-state index is 0.0268. The van der Waals surface area contributed by atoms with Crippen LogP contribution in [-0.2, 0) is 21.2 Å². The Kier molecular flexibility index (Phi) is 6.70. The third-order valence-electron chi connectivity index (χ3n) is 5.18. The van der Waals surface area contributed by atoms with Crippen molar-refractivity contribution < 1.29 is 23.2 Å². The van der Waals surface area contributed by atoms with Gasteiger partial charge in [0.15, 0.2) is 14.6 Å². The van der Waals surface area contributed by atoms with Gasteiger partial charge in [0.25, 0.3) is 11.5 Å². The Morgan fingerprint density at radius 1 is 1.19 bits per heavy atom. The molecule has 2 aromatic heterocycles. The molecule has 1 atom stereocenters. The molecule has 0 aliphatic heterocycles. The molecule has 0 aliphatic carbocycles. The Labute approximate surface area is 184 Å². The number of aromatic nitrogens is 3. The number of hydroxylamine groups is 1. The molecule has 11 heteroatoms. The van der Waals surface area contributed by atoms with E-state index in [2.05, 4.69) is 9.97 Å². The number of nitrogens with zero attached hydrogens (tertiary/aromatic N) is 3. The minimum Gasteiger partial charge on any atom is -0.438 e. The van der Waals surface area contributed by atoms with Gasteiger partial charge in [-0.15, -0.1) is 0 Å². The lowest BCUT2D eigenvalue weighted by atomic mass is 10.1. The molecular weight excluding hydrogens is 436 g/mol. The van der Waals surface area contributed by atoms with Crippen LogP contribution in [0.25, 0.3) is 11.1 Å². The molecule has 0 saturated carbocycles. The number of sulfone groups is 1. The number of carbonyl (C=O) groups excluding carboxylic acids is 1. The van der Waals surface area contributed by atoms with Crippen LogP contribution >= 0.6 is 0 Å². The van der Waals surface area contributed by atoms with E-state index in [1.54, 1.807) is 36.5 Å². The predicted octanol–water partition coefficient (Wildman–Crippen LogP) is 1.80. The summed E-state index contributed by atoms with van der Waals surface area (Å²) in [5, 5.41) is 8.90. The topological polar surface area (TPSA) is 140 Å². The summed E-state index contributed by atoms with van der Waals surface area (Å²) in [6.45, 7) is 1.18. The molecule has 168 valence electrons. The standard InChI is InChI=1S/C21H22N4O6S/c1-21(20(27)24-28,32(2,29)30)8-12-25-11-7-16(13-19(25)26)15-3-5-17(6-4-15)31-18-14-22-9-10-23-18/h3-7,9-11,13-14,28H,8,12H2,1-2H3,(H,24,27)/t21-/m1/s1. The van der Waals surface area contributed by atoms with E-state index in [0.29, 0.717) is 17.2 Å². The number of pyridine rings is 1. The summed E-state index contributed by atoms with van der Waals surface area (Å²) in [6.07, 6.45) is 6.81. The highest BCUT2D eigenvalue weighted by Gasteiger charge is 2.43. The smallest absolute Gasteiger partial charge is 0.264 e. The lowest BCUT2D eigenvalue weighted by molar-refractivity contribution is -0.131. The van der Waals surface area contributed by atoms with E-state index in [0.717, 1.165) is 11.8 Å². The number of benzene rings is 1. The fraction of sp³-hybridized carbons (Fsp3) is 0.238. The fourth-order valence-corrected chi connectivity index (χ4v) is 3.81. The molecule has 32 heavy (non-hydrogen) atoms. The van der Waals surface area contributed by atoms with Crippen molar-refractivity contribution in [3.05, 3.63) is 71.5 Å². The first-order chi connectivity index (χ1) is 15.1. The molecule has 3 aromatic rings. The third-order valence-corrected chi connectivity index (χ3v) is 7.20. The first-order valence-electron chi connectivity index (χ1n) is 9.53. The molecule has 1 amide bonds. The molecule has 10 nitrogen and oxygen atoms in total. The SMILES string of the molecule is C[C@@](CCn1ccc(-c2ccc(Oc3cnccn3)cc2)cc1=O)(C(=O)NO)S(C)(=O)=O. The highest BCUT2D eigenvalue weighted by Crippen LogP contribution is 2.25. The Bertz CT molecular complexity index is 1260. The average Bonchev–Trinajstić information content (AvgIpc) is 2.78. The summed E-state index contributed by atoms with van der Waals surface area (Å²) < 4.78 is 29.2. The van der Waals surface area contributed by atoms with Crippen molar-refractivity contribution in [2.45, 2.75) is 24.6 Å². The molecule has 1 aromatic carbocycles. The molecule has 0 spiro atoms. The van der Waals surface area contributed by atoms with Crippen LogP contribution in [0, 0.1) is 0 Å². The Morgan fingerprint density at radius 3 is 2.47 bits per heavy atom. The second-order valence-electron chi connectivity index (χ2n) is 7.31. The number of hydrogen-bond donors (Lipinski definition) is 2. The van der Waals surface area contributed by atoms with Gasteiger partial charge in [0.05, 0.1) is 6.20 Å².